The molecule has 0 amide bonds. The summed E-state index contributed by atoms with van der Waals surface area (Å²) in [4.78, 5) is 24.8. The van der Waals surface area contributed by atoms with Gasteiger partial charge in [-0.3, -0.25) is 14.6 Å². The first-order valence-electron chi connectivity index (χ1n) is 9.04. The van der Waals surface area contributed by atoms with Gasteiger partial charge in [0.15, 0.2) is 0 Å². The number of benzene rings is 2. The topological polar surface area (TPSA) is 47.0 Å². The zero-order valence-corrected chi connectivity index (χ0v) is 19.4. The first-order chi connectivity index (χ1) is 12.7. The van der Waals surface area contributed by atoms with Crippen LogP contribution in [0.1, 0.15) is 46.6 Å². The van der Waals surface area contributed by atoms with Crippen LogP contribution >= 0.6 is 0 Å². The van der Waals surface area contributed by atoms with E-state index in [1.807, 2.05) is 18.2 Å². The Bertz CT molecular complexity index is 929. The van der Waals surface area contributed by atoms with Crippen molar-refractivity contribution >= 4 is 22.5 Å². The maximum Gasteiger partial charge on any atom is 0.137 e. The minimum absolute atomic E-state index is 0. The molecular weight excluding hydrogens is 526 g/mol. The fourth-order valence-corrected chi connectivity index (χ4v) is 2.62. The van der Waals surface area contributed by atoms with Crippen molar-refractivity contribution in [1.82, 2.24) is 4.98 Å². The number of pyridine rings is 1. The third kappa shape index (κ3) is 7.10. The summed E-state index contributed by atoms with van der Waals surface area (Å²) in [6, 6.07) is 22.1. The first kappa shape index (κ1) is 23.9. The Morgan fingerprint density at radius 1 is 0.929 bits per heavy atom. The molecule has 149 valence electrons. The third-order valence-corrected chi connectivity index (χ3v) is 4.05. The Labute approximate surface area is 180 Å². The second-order valence-corrected chi connectivity index (χ2v) is 7.71. The Morgan fingerprint density at radius 3 is 2.07 bits per heavy atom. The smallest absolute Gasteiger partial charge is 0.137 e. The van der Waals surface area contributed by atoms with Crippen molar-refractivity contribution in [2.24, 2.45) is 0 Å². The van der Waals surface area contributed by atoms with Gasteiger partial charge in [-0.1, -0.05) is 51.1 Å². The van der Waals surface area contributed by atoms with Crippen LogP contribution in [0.5, 0.6) is 0 Å². The van der Waals surface area contributed by atoms with Gasteiger partial charge >= 0.3 is 0 Å². The largest absolute Gasteiger partial charge is 0.300 e. The van der Waals surface area contributed by atoms with Crippen LogP contribution in [-0.4, -0.2) is 16.6 Å². The van der Waals surface area contributed by atoms with Crippen LogP contribution in [0.2, 0.25) is 0 Å². The second kappa shape index (κ2) is 10.4. The summed E-state index contributed by atoms with van der Waals surface area (Å²) in [5.74, 6) is -0.125. The molecule has 0 aliphatic rings. The molecule has 0 N–H and O–H groups in total. The van der Waals surface area contributed by atoms with Gasteiger partial charge in [0.05, 0.1) is 11.9 Å². The average molecular weight is 553 g/mol. The zero-order chi connectivity index (χ0) is 20.0. The van der Waals surface area contributed by atoms with Crippen LogP contribution in [0.4, 0.5) is 0 Å². The van der Waals surface area contributed by atoms with Crippen molar-refractivity contribution in [3.8, 4) is 11.3 Å². The Balaban J connectivity index is 0.000000425. The van der Waals surface area contributed by atoms with Crippen molar-refractivity contribution in [3.63, 3.8) is 0 Å². The molecule has 0 bridgehead atoms. The van der Waals surface area contributed by atoms with E-state index in [9.17, 15) is 9.59 Å². The molecule has 0 aliphatic heterocycles. The molecule has 3 aromatic rings. The number of aromatic nitrogens is 1. The fourth-order valence-electron chi connectivity index (χ4n) is 2.62. The molecule has 28 heavy (non-hydrogen) atoms. The molecule has 0 aliphatic carbocycles. The Hall–Kier alpha value is -2.16. The van der Waals surface area contributed by atoms with Gasteiger partial charge in [-0.15, -0.1) is 35.4 Å². The molecule has 3 nitrogen and oxygen atoms in total. The average Bonchev–Trinajstić information content (AvgIpc) is 2.60. The molecule has 0 atom stereocenters. The molecule has 1 aromatic heterocycles. The van der Waals surface area contributed by atoms with E-state index in [-0.39, 0.29) is 43.5 Å². The molecule has 0 spiro atoms. The minimum atomic E-state index is -0.0625. The molecule has 0 saturated heterocycles. The molecule has 0 unspecified atom stereocenters. The number of fused-ring (bicyclic) bond motifs is 1. The summed E-state index contributed by atoms with van der Waals surface area (Å²) in [6.45, 7) is 9.45. The van der Waals surface area contributed by atoms with E-state index >= 15 is 0 Å². The van der Waals surface area contributed by atoms with E-state index in [0.717, 1.165) is 16.8 Å². The van der Waals surface area contributed by atoms with Crippen LogP contribution in [0, 0.1) is 6.07 Å². The Morgan fingerprint density at radius 2 is 1.57 bits per heavy atom. The first-order valence-corrected chi connectivity index (χ1v) is 9.04. The van der Waals surface area contributed by atoms with Gasteiger partial charge < -0.3 is 0 Å². The van der Waals surface area contributed by atoms with Gasteiger partial charge in [0, 0.05) is 20.1 Å². The second-order valence-electron chi connectivity index (χ2n) is 7.71. The summed E-state index contributed by atoms with van der Waals surface area (Å²) >= 11 is 0. The quantitative estimate of drug-likeness (QED) is 0.316. The predicted molar refractivity (Wildman–Crippen MR) is 111 cm³/mol. The maximum absolute atomic E-state index is 10.0. The van der Waals surface area contributed by atoms with Crippen LogP contribution < -0.4 is 0 Å². The molecule has 0 fully saturated rings. The standard InChI is InChI=1S/C19H18N.C5H8O2.Ir/c1-19(2,3)16-11-8-15(9-12-16)18-13-10-14-6-4-5-7-17(14)20-18;1-4(6)3-5(2)7;/h4-8,10-13H,1-3H3;3H2,1-2H3;/q-1;;. The number of Topliss-reactive ketones (excluding diaryl/α,β-unsaturated/α-hetero) is 2. The van der Waals surface area contributed by atoms with Crippen molar-refractivity contribution < 1.29 is 29.7 Å². The van der Waals surface area contributed by atoms with E-state index in [1.165, 1.54) is 24.8 Å². The van der Waals surface area contributed by atoms with Gasteiger partial charge in [0.25, 0.3) is 0 Å². The fraction of sp³-hybridized carbons (Fsp3) is 0.292. The van der Waals surface area contributed by atoms with Crippen LogP contribution in [0.25, 0.3) is 22.2 Å². The maximum atomic E-state index is 10.0. The number of ketones is 2. The number of para-hydroxylation sites is 1. The predicted octanol–water partition coefficient (Wildman–Crippen LogP) is 5.55. The number of nitrogens with zero attached hydrogens (tertiary/aromatic N) is 1. The molecule has 4 heteroatoms. The molecule has 3 rings (SSSR count). The zero-order valence-electron chi connectivity index (χ0n) is 17.0. The van der Waals surface area contributed by atoms with Gasteiger partial charge in [0.1, 0.15) is 11.6 Å². The molecule has 1 radical (unpaired) electrons. The summed E-state index contributed by atoms with van der Waals surface area (Å²) in [6.07, 6.45) is 0.0833. The van der Waals surface area contributed by atoms with E-state index in [4.69, 9.17) is 4.98 Å². The van der Waals surface area contributed by atoms with E-state index in [2.05, 4.69) is 63.2 Å². The normalized spacial score (nSPS) is 10.5. The molecule has 1 heterocycles. The van der Waals surface area contributed by atoms with Crippen molar-refractivity contribution in [1.29, 1.82) is 0 Å². The van der Waals surface area contributed by atoms with Gasteiger partial charge in [0.2, 0.25) is 0 Å². The van der Waals surface area contributed by atoms with Crippen LogP contribution in [0.15, 0.2) is 54.6 Å². The summed E-state index contributed by atoms with van der Waals surface area (Å²) in [5.41, 5.74) is 4.50. The van der Waals surface area contributed by atoms with Gasteiger partial charge in [-0.2, -0.15) is 0 Å². The van der Waals surface area contributed by atoms with Crippen LogP contribution in [-0.2, 0) is 35.1 Å². The number of hydrogen-bond donors (Lipinski definition) is 0. The molecule has 0 saturated carbocycles. The SMILES string of the molecule is CC(=O)CC(C)=O.CC(C)(C)c1c[c-]c(-c2ccc3ccccc3n2)cc1.[Ir]. The Kier molecular flexibility index (Phi) is 8.87. The number of rotatable bonds is 3. The van der Waals surface area contributed by atoms with E-state index < -0.39 is 0 Å². The van der Waals surface area contributed by atoms with E-state index in [1.54, 1.807) is 0 Å². The summed E-state index contributed by atoms with van der Waals surface area (Å²) < 4.78 is 0. The number of carbonyl (C=O) groups is 2. The van der Waals surface area contributed by atoms with Crippen molar-refractivity contribution in [2.75, 3.05) is 0 Å². The summed E-state index contributed by atoms with van der Waals surface area (Å²) in [7, 11) is 0. The molecule has 2 aromatic carbocycles. The third-order valence-electron chi connectivity index (χ3n) is 4.05. The number of carbonyl (C=O) groups excluding carboxylic acids is 2. The van der Waals surface area contributed by atoms with Crippen molar-refractivity contribution in [3.05, 3.63) is 66.2 Å². The van der Waals surface area contributed by atoms with E-state index in [0.29, 0.717) is 0 Å². The van der Waals surface area contributed by atoms with Crippen LogP contribution in [0.3, 0.4) is 0 Å². The van der Waals surface area contributed by atoms with Gasteiger partial charge in [-0.25, -0.2) is 0 Å². The summed E-state index contributed by atoms with van der Waals surface area (Å²) in [5, 5.41) is 1.17. The molecular formula is C24H26IrNO2-. The monoisotopic (exact) mass is 553 g/mol. The van der Waals surface area contributed by atoms with Gasteiger partial charge in [-0.05, 0) is 36.4 Å². The van der Waals surface area contributed by atoms with Crippen molar-refractivity contribution in [2.45, 2.75) is 46.5 Å². The minimum Gasteiger partial charge on any atom is -0.300 e. The number of hydrogen-bond acceptors (Lipinski definition) is 3.